The first-order valence-electron chi connectivity index (χ1n) is 14.2. The second kappa shape index (κ2) is 13.5. The Morgan fingerprint density at radius 1 is 0.951 bits per heavy atom. The molecule has 1 aromatic heterocycles. The summed E-state index contributed by atoms with van der Waals surface area (Å²) in [7, 11) is 1.71. The van der Waals surface area contributed by atoms with Gasteiger partial charge in [-0.05, 0) is 44.2 Å². The summed E-state index contributed by atoms with van der Waals surface area (Å²) >= 11 is 0. The van der Waals surface area contributed by atoms with E-state index in [-0.39, 0.29) is 17.9 Å². The Morgan fingerprint density at radius 2 is 1.71 bits per heavy atom. The summed E-state index contributed by atoms with van der Waals surface area (Å²) in [4.78, 5) is 31.5. The Bertz CT molecular complexity index is 1530. The molecular weight excluding hydrogens is 518 g/mol. The van der Waals surface area contributed by atoms with Crippen molar-refractivity contribution in [3.63, 3.8) is 0 Å². The van der Waals surface area contributed by atoms with E-state index in [1.54, 1.807) is 25.3 Å². The van der Waals surface area contributed by atoms with Crippen molar-refractivity contribution in [2.24, 2.45) is 0 Å². The third kappa shape index (κ3) is 6.45. The van der Waals surface area contributed by atoms with Crippen LogP contribution in [-0.4, -0.2) is 63.8 Å². The van der Waals surface area contributed by atoms with Crippen LogP contribution in [0.5, 0.6) is 5.75 Å². The van der Waals surface area contributed by atoms with Crippen molar-refractivity contribution in [3.05, 3.63) is 94.1 Å². The quantitative estimate of drug-likeness (QED) is 0.262. The standard InChI is InChI=1S/C33H37N3O5/c1-3-40-23-27-30(37)25-13-9-14-26(32(25)41-31(27)24-11-5-4-6-12-24)33(38)34-17-10-18-35-19-21-36(22-20-35)28-15-7-8-16-29(28)39-2/h4-9,11-16H,3,10,17-23H2,1-2H3,(H,34,38). The smallest absolute Gasteiger partial charge is 0.255 e. The number of fused-ring (bicyclic) bond motifs is 1. The van der Waals surface area contributed by atoms with Crippen LogP contribution in [-0.2, 0) is 11.3 Å². The van der Waals surface area contributed by atoms with Crippen molar-refractivity contribution in [1.29, 1.82) is 0 Å². The van der Waals surface area contributed by atoms with E-state index in [1.165, 1.54) is 0 Å². The predicted octanol–water partition coefficient (Wildman–Crippen LogP) is 4.95. The molecule has 1 aliphatic rings. The van der Waals surface area contributed by atoms with Gasteiger partial charge in [0, 0.05) is 44.9 Å². The largest absolute Gasteiger partial charge is 0.495 e. The minimum Gasteiger partial charge on any atom is -0.495 e. The lowest BCUT2D eigenvalue weighted by Gasteiger charge is -2.36. The van der Waals surface area contributed by atoms with Gasteiger partial charge in [-0.15, -0.1) is 0 Å². The maximum Gasteiger partial charge on any atom is 0.255 e. The molecule has 0 spiro atoms. The van der Waals surface area contributed by atoms with E-state index in [1.807, 2.05) is 55.5 Å². The number of anilines is 1. The number of rotatable bonds is 11. The molecule has 2 heterocycles. The zero-order chi connectivity index (χ0) is 28.6. The molecule has 0 atom stereocenters. The Morgan fingerprint density at radius 3 is 2.46 bits per heavy atom. The number of amides is 1. The molecule has 214 valence electrons. The van der Waals surface area contributed by atoms with E-state index in [4.69, 9.17) is 13.9 Å². The molecule has 1 N–H and O–H groups in total. The number of piperazine rings is 1. The maximum atomic E-state index is 13.5. The van der Waals surface area contributed by atoms with Crippen LogP contribution in [0.4, 0.5) is 5.69 Å². The number of carbonyl (C=O) groups excluding carboxylic acids is 1. The Kier molecular flexibility index (Phi) is 9.33. The Labute approximate surface area is 240 Å². The average molecular weight is 556 g/mol. The third-order valence-corrected chi connectivity index (χ3v) is 7.48. The monoisotopic (exact) mass is 555 g/mol. The summed E-state index contributed by atoms with van der Waals surface area (Å²) in [5.41, 5.74) is 2.81. The molecule has 5 rings (SSSR count). The van der Waals surface area contributed by atoms with Crippen LogP contribution in [0.2, 0.25) is 0 Å². The van der Waals surface area contributed by atoms with E-state index in [2.05, 4.69) is 21.2 Å². The molecule has 4 aromatic rings. The SMILES string of the molecule is CCOCc1c(-c2ccccc2)oc2c(C(=O)NCCCN3CCN(c4ccccc4OC)CC3)cccc2c1=O. The van der Waals surface area contributed by atoms with Gasteiger partial charge in [-0.25, -0.2) is 0 Å². The average Bonchev–Trinajstić information content (AvgIpc) is 3.03. The van der Waals surface area contributed by atoms with Crippen LogP contribution >= 0.6 is 0 Å². The number of hydrogen-bond donors (Lipinski definition) is 1. The zero-order valence-corrected chi connectivity index (χ0v) is 23.7. The topological polar surface area (TPSA) is 84.2 Å². The zero-order valence-electron chi connectivity index (χ0n) is 23.7. The minimum atomic E-state index is -0.253. The van der Waals surface area contributed by atoms with Gasteiger partial charge >= 0.3 is 0 Å². The molecular formula is C33H37N3O5. The second-order valence-corrected chi connectivity index (χ2v) is 10.0. The van der Waals surface area contributed by atoms with Crippen LogP contribution in [0.1, 0.15) is 29.3 Å². The fourth-order valence-electron chi connectivity index (χ4n) is 5.30. The predicted molar refractivity (Wildman–Crippen MR) is 162 cm³/mol. The minimum absolute atomic E-state index is 0.141. The summed E-state index contributed by atoms with van der Waals surface area (Å²) in [5.74, 6) is 1.08. The number of para-hydroxylation sites is 3. The van der Waals surface area contributed by atoms with E-state index in [0.717, 1.165) is 56.1 Å². The first-order chi connectivity index (χ1) is 20.1. The van der Waals surface area contributed by atoms with Gasteiger partial charge in [0.25, 0.3) is 5.91 Å². The highest BCUT2D eigenvalue weighted by molar-refractivity contribution is 6.05. The molecule has 0 radical (unpaired) electrons. The molecule has 1 saturated heterocycles. The van der Waals surface area contributed by atoms with Crippen molar-refractivity contribution in [3.8, 4) is 17.1 Å². The molecule has 3 aromatic carbocycles. The lowest BCUT2D eigenvalue weighted by molar-refractivity contribution is 0.0952. The van der Waals surface area contributed by atoms with Crippen molar-refractivity contribution >= 4 is 22.6 Å². The van der Waals surface area contributed by atoms with E-state index in [9.17, 15) is 9.59 Å². The number of methoxy groups -OCH3 is 1. The molecule has 8 nitrogen and oxygen atoms in total. The highest BCUT2D eigenvalue weighted by atomic mass is 16.5. The van der Waals surface area contributed by atoms with Gasteiger partial charge in [-0.3, -0.25) is 14.5 Å². The third-order valence-electron chi connectivity index (χ3n) is 7.48. The number of nitrogens with zero attached hydrogens (tertiary/aromatic N) is 2. The normalized spacial score (nSPS) is 13.9. The number of benzene rings is 3. The van der Waals surface area contributed by atoms with Gasteiger partial charge in [0.05, 0.1) is 35.9 Å². The summed E-state index contributed by atoms with van der Waals surface area (Å²) in [5, 5.41) is 3.40. The van der Waals surface area contributed by atoms with Crippen molar-refractivity contribution in [2.75, 3.05) is 57.9 Å². The summed E-state index contributed by atoms with van der Waals surface area (Å²) in [6.45, 7) is 7.68. The Balaban J connectivity index is 1.23. The molecule has 1 fully saturated rings. The first-order valence-corrected chi connectivity index (χ1v) is 14.2. The van der Waals surface area contributed by atoms with E-state index < -0.39 is 0 Å². The second-order valence-electron chi connectivity index (χ2n) is 10.0. The summed E-state index contributed by atoms with van der Waals surface area (Å²) in [6.07, 6.45) is 0.822. The molecule has 0 bridgehead atoms. The van der Waals surface area contributed by atoms with Gasteiger partial charge in [0.2, 0.25) is 0 Å². The van der Waals surface area contributed by atoms with Crippen LogP contribution in [0.15, 0.2) is 82.0 Å². The Hall–Kier alpha value is -4.14. The van der Waals surface area contributed by atoms with Gasteiger partial charge in [0.15, 0.2) is 11.0 Å². The van der Waals surface area contributed by atoms with Crippen LogP contribution in [0.3, 0.4) is 0 Å². The summed E-state index contributed by atoms with van der Waals surface area (Å²) < 4.78 is 17.4. The number of nitrogens with one attached hydrogen (secondary N) is 1. The van der Waals surface area contributed by atoms with Crippen LogP contribution in [0, 0.1) is 0 Å². The number of carbonyl (C=O) groups is 1. The number of hydrogen-bond acceptors (Lipinski definition) is 7. The highest BCUT2D eigenvalue weighted by Crippen LogP contribution is 2.29. The number of ether oxygens (including phenoxy) is 2. The highest BCUT2D eigenvalue weighted by Gasteiger charge is 2.21. The molecule has 1 amide bonds. The molecule has 0 saturated carbocycles. The van der Waals surface area contributed by atoms with E-state index >= 15 is 0 Å². The molecule has 41 heavy (non-hydrogen) atoms. The lowest BCUT2D eigenvalue weighted by Crippen LogP contribution is -2.47. The fourth-order valence-corrected chi connectivity index (χ4v) is 5.30. The van der Waals surface area contributed by atoms with Gasteiger partial charge in [0.1, 0.15) is 11.5 Å². The van der Waals surface area contributed by atoms with E-state index in [0.29, 0.717) is 41.0 Å². The summed E-state index contributed by atoms with van der Waals surface area (Å²) in [6, 6.07) is 22.7. The molecule has 0 aliphatic carbocycles. The van der Waals surface area contributed by atoms with Gasteiger partial charge in [-0.1, -0.05) is 48.5 Å². The fraction of sp³-hybridized carbons (Fsp3) is 0.333. The van der Waals surface area contributed by atoms with Crippen LogP contribution < -0.4 is 20.4 Å². The first kappa shape index (κ1) is 28.4. The van der Waals surface area contributed by atoms with Crippen molar-refractivity contribution in [1.82, 2.24) is 10.2 Å². The van der Waals surface area contributed by atoms with Crippen LogP contribution in [0.25, 0.3) is 22.3 Å². The lowest BCUT2D eigenvalue weighted by atomic mass is 10.0. The molecule has 1 aliphatic heterocycles. The van der Waals surface area contributed by atoms with Crippen molar-refractivity contribution in [2.45, 2.75) is 20.0 Å². The van der Waals surface area contributed by atoms with Crippen molar-refractivity contribution < 1.29 is 18.7 Å². The molecule has 8 heteroatoms. The van der Waals surface area contributed by atoms with Gasteiger partial charge in [-0.2, -0.15) is 0 Å². The van der Waals surface area contributed by atoms with Gasteiger partial charge < -0.3 is 24.1 Å². The molecule has 0 unspecified atom stereocenters. The maximum absolute atomic E-state index is 13.5.